The molecule has 3 rings (SSSR count). The highest BCUT2D eigenvalue weighted by atomic mass is 16.2. The first-order valence-electron chi connectivity index (χ1n) is 6.86. The fraction of sp³-hybridized carbons (Fsp3) is 0.333. The minimum Gasteiger partial charge on any atom is -0.395 e. The van der Waals surface area contributed by atoms with Crippen molar-refractivity contribution in [2.75, 3.05) is 5.73 Å². The van der Waals surface area contributed by atoms with Gasteiger partial charge in [0.2, 0.25) is 0 Å². The van der Waals surface area contributed by atoms with Crippen LogP contribution in [0.4, 0.5) is 5.69 Å². The maximum absolute atomic E-state index is 12.3. The molecule has 4 N–H and O–H groups in total. The van der Waals surface area contributed by atoms with Crippen LogP contribution in [-0.2, 0) is 6.42 Å². The zero-order valence-corrected chi connectivity index (χ0v) is 11.4. The molecule has 20 heavy (non-hydrogen) atoms. The molecule has 0 saturated carbocycles. The Morgan fingerprint density at radius 1 is 1.45 bits per heavy atom. The van der Waals surface area contributed by atoms with E-state index in [0.29, 0.717) is 5.69 Å². The predicted octanol–water partition coefficient (Wildman–Crippen LogP) is 2.11. The van der Waals surface area contributed by atoms with Crippen molar-refractivity contribution in [1.29, 1.82) is 0 Å². The van der Waals surface area contributed by atoms with Crippen LogP contribution in [0.5, 0.6) is 0 Å². The summed E-state index contributed by atoms with van der Waals surface area (Å²) in [5, 5.41) is 9.76. The van der Waals surface area contributed by atoms with Gasteiger partial charge in [0.25, 0.3) is 5.91 Å². The summed E-state index contributed by atoms with van der Waals surface area (Å²) in [4.78, 5) is 12.3. The highest BCUT2D eigenvalue weighted by Gasteiger charge is 2.24. The summed E-state index contributed by atoms with van der Waals surface area (Å²) < 4.78 is 0. The molecule has 5 nitrogen and oxygen atoms in total. The second-order valence-corrected chi connectivity index (χ2v) is 5.23. The monoisotopic (exact) mass is 270 g/mol. The Labute approximate surface area is 117 Å². The fourth-order valence-electron chi connectivity index (χ4n) is 2.74. The first kappa shape index (κ1) is 12.7. The van der Waals surface area contributed by atoms with Gasteiger partial charge in [-0.05, 0) is 37.3 Å². The molecule has 1 aromatic heterocycles. The SMILES string of the molecule is Cc1[nH]nc(C(=O)NC2CCCc3ccccc32)c1N. The topological polar surface area (TPSA) is 83.8 Å². The van der Waals surface area contributed by atoms with Crippen LogP contribution in [0.1, 0.15) is 46.2 Å². The summed E-state index contributed by atoms with van der Waals surface area (Å²) in [6.45, 7) is 1.80. The lowest BCUT2D eigenvalue weighted by Crippen LogP contribution is -2.31. The number of H-pyrrole nitrogens is 1. The average Bonchev–Trinajstić information content (AvgIpc) is 2.79. The maximum atomic E-state index is 12.3. The number of hydrogen-bond donors (Lipinski definition) is 3. The molecule has 0 aliphatic heterocycles. The molecule has 1 aliphatic rings. The quantitative estimate of drug-likeness (QED) is 0.781. The Bertz CT molecular complexity index is 647. The number of benzene rings is 1. The van der Waals surface area contributed by atoms with Crippen molar-refractivity contribution in [3.63, 3.8) is 0 Å². The van der Waals surface area contributed by atoms with E-state index in [9.17, 15) is 4.79 Å². The molecular formula is C15H18N4O. The Balaban J connectivity index is 1.82. The van der Waals surface area contributed by atoms with Crippen molar-refractivity contribution in [2.45, 2.75) is 32.2 Å². The number of rotatable bonds is 2. The highest BCUT2D eigenvalue weighted by Crippen LogP contribution is 2.29. The molecule has 0 spiro atoms. The van der Waals surface area contributed by atoms with Crippen molar-refractivity contribution in [1.82, 2.24) is 15.5 Å². The zero-order chi connectivity index (χ0) is 14.1. The first-order valence-corrected chi connectivity index (χ1v) is 6.86. The Kier molecular flexibility index (Phi) is 3.18. The van der Waals surface area contributed by atoms with Crippen LogP contribution < -0.4 is 11.1 Å². The van der Waals surface area contributed by atoms with Crippen LogP contribution in [-0.4, -0.2) is 16.1 Å². The molecular weight excluding hydrogens is 252 g/mol. The summed E-state index contributed by atoms with van der Waals surface area (Å²) in [5.41, 5.74) is 9.80. The number of aromatic nitrogens is 2. The van der Waals surface area contributed by atoms with Gasteiger partial charge in [-0.15, -0.1) is 0 Å². The van der Waals surface area contributed by atoms with Crippen LogP contribution in [0, 0.1) is 6.92 Å². The normalized spacial score (nSPS) is 17.6. The number of hydrogen-bond acceptors (Lipinski definition) is 3. The minimum absolute atomic E-state index is 0.0452. The van der Waals surface area contributed by atoms with E-state index in [1.165, 1.54) is 11.1 Å². The van der Waals surface area contributed by atoms with Crippen molar-refractivity contribution >= 4 is 11.6 Å². The van der Waals surface area contributed by atoms with E-state index in [-0.39, 0.29) is 17.6 Å². The lowest BCUT2D eigenvalue weighted by molar-refractivity contribution is 0.0928. The molecule has 1 unspecified atom stereocenters. The molecule has 0 radical (unpaired) electrons. The fourth-order valence-corrected chi connectivity index (χ4v) is 2.74. The van der Waals surface area contributed by atoms with E-state index in [4.69, 9.17) is 5.73 Å². The van der Waals surface area contributed by atoms with Gasteiger partial charge in [-0.25, -0.2) is 0 Å². The third-order valence-corrected chi connectivity index (χ3v) is 3.88. The number of amides is 1. The third-order valence-electron chi connectivity index (χ3n) is 3.88. The lowest BCUT2D eigenvalue weighted by atomic mass is 9.87. The van der Waals surface area contributed by atoms with E-state index >= 15 is 0 Å². The number of nitrogens with one attached hydrogen (secondary N) is 2. The molecule has 0 bridgehead atoms. The van der Waals surface area contributed by atoms with Gasteiger partial charge in [-0.1, -0.05) is 24.3 Å². The molecule has 2 aromatic rings. The molecule has 0 saturated heterocycles. The predicted molar refractivity (Wildman–Crippen MR) is 77.3 cm³/mol. The Morgan fingerprint density at radius 3 is 3.00 bits per heavy atom. The summed E-state index contributed by atoms with van der Waals surface area (Å²) in [6, 6.07) is 8.30. The number of nitrogen functional groups attached to an aromatic ring is 1. The van der Waals surface area contributed by atoms with Gasteiger partial charge in [0.05, 0.1) is 17.4 Å². The van der Waals surface area contributed by atoms with Crippen LogP contribution in [0.15, 0.2) is 24.3 Å². The van der Waals surface area contributed by atoms with Gasteiger partial charge in [0.15, 0.2) is 5.69 Å². The van der Waals surface area contributed by atoms with Gasteiger partial charge < -0.3 is 11.1 Å². The van der Waals surface area contributed by atoms with Crippen molar-refractivity contribution in [2.24, 2.45) is 0 Å². The van der Waals surface area contributed by atoms with Crippen LogP contribution in [0.2, 0.25) is 0 Å². The van der Waals surface area contributed by atoms with Gasteiger partial charge in [-0.2, -0.15) is 5.10 Å². The number of carbonyl (C=O) groups is 1. The minimum atomic E-state index is -0.214. The van der Waals surface area contributed by atoms with Crippen molar-refractivity contribution in [3.8, 4) is 0 Å². The summed E-state index contributed by atoms with van der Waals surface area (Å²) >= 11 is 0. The van der Waals surface area contributed by atoms with Gasteiger partial charge in [-0.3, -0.25) is 9.89 Å². The van der Waals surface area contributed by atoms with E-state index in [2.05, 4.69) is 27.6 Å². The second-order valence-electron chi connectivity index (χ2n) is 5.23. The molecule has 0 fully saturated rings. The Hall–Kier alpha value is -2.30. The summed E-state index contributed by atoms with van der Waals surface area (Å²) in [7, 11) is 0. The zero-order valence-electron chi connectivity index (χ0n) is 11.4. The van der Waals surface area contributed by atoms with Gasteiger partial charge in [0, 0.05) is 0 Å². The number of aromatic amines is 1. The lowest BCUT2D eigenvalue weighted by Gasteiger charge is -2.26. The second kappa shape index (κ2) is 5.00. The molecule has 1 aliphatic carbocycles. The molecule has 1 aromatic carbocycles. The summed E-state index contributed by atoms with van der Waals surface area (Å²) in [5.74, 6) is -0.214. The number of anilines is 1. The van der Waals surface area contributed by atoms with E-state index in [1.807, 2.05) is 12.1 Å². The van der Waals surface area contributed by atoms with Gasteiger partial charge in [0.1, 0.15) is 0 Å². The molecule has 104 valence electrons. The van der Waals surface area contributed by atoms with E-state index in [1.54, 1.807) is 6.92 Å². The van der Waals surface area contributed by atoms with E-state index < -0.39 is 0 Å². The van der Waals surface area contributed by atoms with E-state index in [0.717, 1.165) is 25.0 Å². The van der Waals surface area contributed by atoms with Crippen LogP contribution in [0.25, 0.3) is 0 Å². The molecule has 1 heterocycles. The molecule has 1 amide bonds. The van der Waals surface area contributed by atoms with Gasteiger partial charge >= 0.3 is 0 Å². The number of aryl methyl sites for hydroxylation is 2. The van der Waals surface area contributed by atoms with Crippen molar-refractivity contribution in [3.05, 3.63) is 46.8 Å². The number of fused-ring (bicyclic) bond motifs is 1. The maximum Gasteiger partial charge on any atom is 0.274 e. The summed E-state index contributed by atoms with van der Waals surface area (Å²) in [6.07, 6.45) is 3.11. The standard InChI is InChI=1S/C15H18N4O/c1-9-13(16)14(19-18-9)15(20)17-12-8-4-6-10-5-2-3-7-11(10)12/h2-3,5,7,12H,4,6,8,16H2,1H3,(H,17,20)(H,18,19). The smallest absolute Gasteiger partial charge is 0.274 e. The number of nitrogens with zero attached hydrogens (tertiary/aromatic N) is 1. The first-order chi connectivity index (χ1) is 9.66. The third kappa shape index (κ3) is 2.15. The molecule has 1 atom stereocenters. The number of nitrogens with two attached hydrogens (primary N) is 1. The largest absolute Gasteiger partial charge is 0.395 e. The van der Waals surface area contributed by atoms with Crippen LogP contribution >= 0.6 is 0 Å². The average molecular weight is 270 g/mol. The highest BCUT2D eigenvalue weighted by molar-refractivity contribution is 5.97. The molecule has 5 heteroatoms. The Morgan fingerprint density at radius 2 is 2.25 bits per heavy atom. The van der Waals surface area contributed by atoms with Crippen LogP contribution in [0.3, 0.4) is 0 Å². The number of carbonyl (C=O) groups excluding carboxylic acids is 1. The van der Waals surface area contributed by atoms with Crippen molar-refractivity contribution < 1.29 is 4.79 Å².